The number of nitrogens with one attached hydrogen (secondary N) is 2. The molecule has 0 atom stereocenters. The van der Waals surface area contributed by atoms with Gasteiger partial charge in [0.25, 0.3) is 5.91 Å². The molecule has 5 heteroatoms. The van der Waals surface area contributed by atoms with E-state index in [9.17, 15) is 4.79 Å². The molecule has 0 radical (unpaired) electrons. The maximum atomic E-state index is 12.1. The topological polar surface area (TPSA) is 50.4 Å². The average Bonchev–Trinajstić information content (AvgIpc) is 2.48. The van der Waals surface area contributed by atoms with Gasteiger partial charge < -0.3 is 10.1 Å². The van der Waals surface area contributed by atoms with Crippen molar-refractivity contribution in [1.29, 1.82) is 0 Å². The van der Waals surface area contributed by atoms with Crippen LogP contribution in [0.1, 0.15) is 10.4 Å². The lowest BCUT2D eigenvalue weighted by atomic mass is 10.2. The highest BCUT2D eigenvalue weighted by Crippen LogP contribution is 2.24. The smallest absolute Gasteiger partial charge is 0.261 e. The standard InChI is InChI=1S/C15H14N2O2S/c1-16-15(20)17-14(18)12-9-5-6-10-13(12)19-11-7-3-2-4-8-11/h2-10H,1H3,(H2,16,17,18,20). The minimum atomic E-state index is -0.309. The molecule has 0 saturated heterocycles. The number of thiocarbonyl (C=S) groups is 1. The second-order valence-corrected chi connectivity index (χ2v) is 4.35. The van der Waals surface area contributed by atoms with Crippen LogP contribution in [0.25, 0.3) is 0 Å². The molecule has 2 N–H and O–H groups in total. The van der Waals surface area contributed by atoms with Gasteiger partial charge in [-0.1, -0.05) is 30.3 Å². The molecule has 0 aliphatic rings. The van der Waals surface area contributed by atoms with Crippen LogP contribution in [0.5, 0.6) is 11.5 Å². The zero-order chi connectivity index (χ0) is 14.4. The molecule has 0 heterocycles. The van der Waals surface area contributed by atoms with Crippen molar-refractivity contribution in [2.75, 3.05) is 7.05 Å². The first-order chi connectivity index (χ1) is 9.70. The number of carbonyl (C=O) groups excluding carboxylic acids is 1. The van der Waals surface area contributed by atoms with Crippen molar-refractivity contribution >= 4 is 23.2 Å². The van der Waals surface area contributed by atoms with E-state index < -0.39 is 0 Å². The Hall–Kier alpha value is -2.40. The minimum absolute atomic E-state index is 0.268. The molecule has 2 aromatic rings. The van der Waals surface area contributed by atoms with E-state index in [4.69, 9.17) is 17.0 Å². The van der Waals surface area contributed by atoms with Crippen LogP contribution >= 0.6 is 12.2 Å². The SMILES string of the molecule is CNC(=S)NC(=O)c1ccccc1Oc1ccccc1. The molecule has 0 aliphatic carbocycles. The summed E-state index contributed by atoms with van der Waals surface area (Å²) >= 11 is 4.92. The molecule has 0 aliphatic heterocycles. The minimum Gasteiger partial charge on any atom is -0.457 e. The molecule has 0 saturated carbocycles. The van der Waals surface area contributed by atoms with Gasteiger partial charge in [-0.2, -0.15) is 0 Å². The number of amides is 1. The first-order valence-electron chi connectivity index (χ1n) is 6.05. The lowest BCUT2D eigenvalue weighted by Crippen LogP contribution is -2.37. The van der Waals surface area contributed by atoms with E-state index in [0.717, 1.165) is 0 Å². The molecule has 102 valence electrons. The second kappa shape index (κ2) is 6.68. The van der Waals surface area contributed by atoms with Gasteiger partial charge in [-0.05, 0) is 36.5 Å². The molecule has 1 amide bonds. The van der Waals surface area contributed by atoms with Gasteiger partial charge in [0.15, 0.2) is 5.11 Å². The zero-order valence-corrected chi connectivity index (χ0v) is 11.7. The maximum Gasteiger partial charge on any atom is 0.261 e. The van der Waals surface area contributed by atoms with Crippen molar-refractivity contribution in [2.24, 2.45) is 0 Å². The summed E-state index contributed by atoms with van der Waals surface area (Å²) in [5, 5.41) is 5.53. The monoisotopic (exact) mass is 286 g/mol. The van der Waals surface area contributed by atoms with Crippen LogP contribution in [0, 0.1) is 0 Å². The van der Waals surface area contributed by atoms with Gasteiger partial charge in [0.05, 0.1) is 5.56 Å². The van der Waals surface area contributed by atoms with Gasteiger partial charge in [-0.3, -0.25) is 10.1 Å². The maximum absolute atomic E-state index is 12.1. The Kier molecular flexibility index (Phi) is 4.68. The Labute approximate surface area is 122 Å². The fraction of sp³-hybridized carbons (Fsp3) is 0.0667. The number of carbonyl (C=O) groups is 1. The fourth-order valence-corrected chi connectivity index (χ4v) is 1.68. The Morgan fingerprint density at radius 1 is 1.05 bits per heavy atom. The van der Waals surface area contributed by atoms with E-state index in [1.54, 1.807) is 25.2 Å². The van der Waals surface area contributed by atoms with Crippen LogP contribution in [-0.2, 0) is 0 Å². The molecular weight excluding hydrogens is 272 g/mol. The number of benzene rings is 2. The highest BCUT2D eigenvalue weighted by Gasteiger charge is 2.13. The second-order valence-electron chi connectivity index (χ2n) is 3.94. The van der Waals surface area contributed by atoms with Crippen molar-refractivity contribution in [1.82, 2.24) is 10.6 Å². The fourth-order valence-electron chi connectivity index (χ4n) is 1.59. The normalized spacial score (nSPS) is 9.65. The summed E-state index contributed by atoms with van der Waals surface area (Å²) in [6.45, 7) is 0. The molecule has 0 aromatic heterocycles. The van der Waals surface area contributed by atoms with Crippen LogP contribution in [0.4, 0.5) is 0 Å². The first-order valence-corrected chi connectivity index (χ1v) is 6.46. The van der Waals surface area contributed by atoms with Crippen LogP contribution in [0.15, 0.2) is 54.6 Å². The van der Waals surface area contributed by atoms with Crippen LogP contribution in [-0.4, -0.2) is 18.1 Å². The molecule has 0 spiro atoms. The van der Waals surface area contributed by atoms with E-state index in [-0.39, 0.29) is 11.0 Å². The molecule has 20 heavy (non-hydrogen) atoms. The van der Waals surface area contributed by atoms with Crippen LogP contribution in [0.3, 0.4) is 0 Å². The third-order valence-corrected chi connectivity index (χ3v) is 2.86. The quantitative estimate of drug-likeness (QED) is 0.852. The van der Waals surface area contributed by atoms with E-state index >= 15 is 0 Å². The molecule has 2 aromatic carbocycles. The lowest BCUT2D eigenvalue weighted by Gasteiger charge is -2.11. The van der Waals surface area contributed by atoms with E-state index in [1.807, 2.05) is 36.4 Å². The van der Waals surface area contributed by atoms with Crippen molar-refractivity contribution in [2.45, 2.75) is 0 Å². The highest BCUT2D eigenvalue weighted by atomic mass is 32.1. The lowest BCUT2D eigenvalue weighted by molar-refractivity contribution is 0.0974. The number of rotatable bonds is 3. The predicted octanol–water partition coefficient (Wildman–Crippen LogP) is 2.71. The Morgan fingerprint density at radius 2 is 1.70 bits per heavy atom. The number of para-hydroxylation sites is 2. The molecular formula is C15H14N2O2S. The summed E-state index contributed by atoms with van der Waals surface area (Å²) in [4.78, 5) is 12.1. The largest absolute Gasteiger partial charge is 0.457 e. The predicted molar refractivity (Wildman–Crippen MR) is 82.1 cm³/mol. The Morgan fingerprint density at radius 3 is 2.40 bits per heavy atom. The molecule has 2 rings (SSSR count). The van der Waals surface area contributed by atoms with E-state index in [1.165, 1.54) is 0 Å². The molecule has 0 bridgehead atoms. The summed E-state index contributed by atoms with van der Waals surface area (Å²) in [7, 11) is 1.65. The van der Waals surface area contributed by atoms with Crippen molar-refractivity contribution in [3.8, 4) is 11.5 Å². The van der Waals surface area contributed by atoms with Crippen molar-refractivity contribution in [3.63, 3.8) is 0 Å². The van der Waals surface area contributed by atoms with Gasteiger partial charge >= 0.3 is 0 Å². The van der Waals surface area contributed by atoms with Gasteiger partial charge in [-0.15, -0.1) is 0 Å². The van der Waals surface area contributed by atoms with Gasteiger partial charge in [0.2, 0.25) is 0 Å². The molecule has 0 unspecified atom stereocenters. The first kappa shape index (κ1) is 14.0. The Balaban J connectivity index is 2.22. The summed E-state index contributed by atoms with van der Waals surface area (Å²) in [5.41, 5.74) is 0.425. The summed E-state index contributed by atoms with van der Waals surface area (Å²) in [6, 6.07) is 16.3. The van der Waals surface area contributed by atoms with E-state index in [2.05, 4.69) is 10.6 Å². The van der Waals surface area contributed by atoms with Crippen LogP contribution in [0.2, 0.25) is 0 Å². The van der Waals surface area contributed by atoms with Gasteiger partial charge in [-0.25, -0.2) is 0 Å². The number of hydrogen-bond donors (Lipinski definition) is 2. The number of hydrogen-bond acceptors (Lipinski definition) is 3. The van der Waals surface area contributed by atoms with Gasteiger partial charge in [0.1, 0.15) is 11.5 Å². The summed E-state index contributed by atoms with van der Waals surface area (Å²) in [5.74, 6) is 0.843. The van der Waals surface area contributed by atoms with Crippen molar-refractivity contribution in [3.05, 3.63) is 60.2 Å². The van der Waals surface area contributed by atoms with E-state index in [0.29, 0.717) is 17.1 Å². The van der Waals surface area contributed by atoms with Crippen LogP contribution < -0.4 is 15.4 Å². The van der Waals surface area contributed by atoms with Gasteiger partial charge in [0, 0.05) is 7.05 Å². The third-order valence-electron chi connectivity index (χ3n) is 2.56. The summed E-state index contributed by atoms with van der Waals surface area (Å²) in [6.07, 6.45) is 0. The molecule has 0 fully saturated rings. The molecule has 4 nitrogen and oxygen atoms in total. The van der Waals surface area contributed by atoms with Crippen molar-refractivity contribution < 1.29 is 9.53 Å². The Bertz CT molecular complexity index is 614. The average molecular weight is 286 g/mol. The third kappa shape index (κ3) is 3.55. The highest BCUT2D eigenvalue weighted by molar-refractivity contribution is 7.80. The number of ether oxygens (including phenoxy) is 1. The summed E-state index contributed by atoms with van der Waals surface area (Å²) < 4.78 is 5.72. The zero-order valence-electron chi connectivity index (χ0n) is 10.9.